The number of hydrogen-bond acceptors (Lipinski definition) is 3. The summed E-state index contributed by atoms with van der Waals surface area (Å²) in [6.45, 7) is 3.46. The van der Waals surface area contributed by atoms with Crippen molar-refractivity contribution in [2.75, 3.05) is 19.6 Å². The van der Waals surface area contributed by atoms with Crippen LogP contribution in [0.15, 0.2) is 36.7 Å². The Balaban J connectivity index is 1.72. The lowest BCUT2D eigenvalue weighted by molar-refractivity contribution is 0.181. The van der Waals surface area contributed by atoms with E-state index in [1.807, 2.05) is 12.1 Å². The number of aromatic nitrogens is 1. The molecule has 1 aliphatic rings. The third kappa shape index (κ3) is 3.95. The maximum atomic E-state index is 9.92. The minimum Gasteiger partial charge on any atom is -0.388 e. The molecule has 3 nitrogen and oxygen atoms in total. The molecule has 0 radical (unpaired) electrons. The number of aliphatic hydroxyl groups excluding tert-OH is 1. The predicted molar refractivity (Wildman–Crippen MR) is 68.6 cm³/mol. The van der Waals surface area contributed by atoms with E-state index in [-0.39, 0.29) is 0 Å². The minimum atomic E-state index is -0.409. The van der Waals surface area contributed by atoms with Crippen LogP contribution in [-0.4, -0.2) is 34.6 Å². The van der Waals surface area contributed by atoms with Gasteiger partial charge in [-0.15, -0.1) is 0 Å². The molecule has 2 rings (SSSR count). The van der Waals surface area contributed by atoms with Gasteiger partial charge in [0, 0.05) is 18.9 Å². The van der Waals surface area contributed by atoms with Crippen molar-refractivity contribution in [2.24, 2.45) is 0 Å². The Bertz CT molecular complexity index is 344. The Morgan fingerprint density at radius 1 is 1.24 bits per heavy atom. The standard InChI is InChI=1S/C14H20N2O/c17-14(13-6-8-15-9-7-13)5-1-2-10-16-11-3-4-12-16/h1-2,6-9,14,17H,3-5,10-12H2/b2-1+. The monoisotopic (exact) mass is 232 g/mol. The van der Waals surface area contributed by atoms with E-state index in [9.17, 15) is 5.11 Å². The van der Waals surface area contributed by atoms with Crippen molar-refractivity contribution in [3.63, 3.8) is 0 Å². The number of aliphatic hydroxyl groups is 1. The average molecular weight is 232 g/mol. The summed E-state index contributed by atoms with van der Waals surface area (Å²) in [6.07, 6.45) is 10.6. The van der Waals surface area contributed by atoms with E-state index < -0.39 is 6.10 Å². The van der Waals surface area contributed by atoms with Gasteiger partial charge in [0.2, 0.25) is 0 Å². The first-order chi connectivity index (χ1) is 8.36. The SMILES string of the molecule is OC(C/C=C/CN1CCCC1)c1ccncc1. The summed E-state index contributed by atoms with van der Waals surface area (Å²) in [5, 5.41) is 9.92. The highest BCUT2D eigenvalue weighted by molar-refractivity contribution is 5.13. The molecule has 0 aliphatic carbocycles. The van der Waals surface area contributed by atoms with Gasteiger partial charge in [-0.05, 0) is 50.0 Å². The molecule has 3 heteroatoms. The van der Waals surface area contributed by atoms with Gasteiger partial charge in [0.05, 0.1) is 6.10 Å². The normalized spacial score (nSPS) is 18.9. The van der Waals surface area contributed by atoms with Crippen molar-refractivity contribution in [1.82, 2.24) is 9.88 Å². The highest BCUT2D eigenvalue weighted by Gasteiger charge is 2.09. The fourth-order valence-electron chi connectivity index (χ4n) is 2.14. The highest BCUT2D eigenvalue weighted by Crippen LogP contribution is 2.15. The second-order valence-electron chi connectivity index (χ2n) is 4.51. The first kappa shape index (κ1) is 12.3. The van der Waals surface area contributed by atoms with Crippen LogP contribution in [0.3, 0.4) is 0 Å². The molecule has 1 fully saturated rings. The minimum absolute atomic E-state index is 0.409. The Labute approximate surface area is 103 Å². The number of rotatable bonds is 5. The fraction of sp³-hybridized carbons (Fsp3) is 0.500. The molecule has 0 bridgehead atoms. The van der Waals surface area contributed by atoms with E-state index in [4.69, 9.17) is 0 Å². The molecule has 1 saturated heterocycles. The summed E-state index contributed by atoms with van der Waals surface area (Å²) >= 11 is 0. The zero-order chi connectivity index (χ0) is 11.9. The first-order valence-corrected chi connectivity index (χ1v) is 6.31. The van der Waals surface area contributed by atoms with E-state index in [1.54, 1.807) is 12.4 Å². The first-order valence-electron chi connectivity index (χ1n) is 6.31. The van der Waals surface area contributed by atoms with Crippen LogP contribution >= 0.6 is 0 Å². The quantitative estimate of drug-likeness (QED) is 0.790. The maximum Gasteiger partial charge on any atom is 0.0825 e. The van der Waals surface area contributed by atoms with Gasteiger partial charge in [0.15, 0.2) is 0 Å². The summed E-state index contributed by atoms with van der Waals surface area (Å²) in [5.74, 6) is 0. The lowest BCUT2D eigenvalue weighted by Crippen LogP contribution is -2.18. The van der Waals surface area contributed by atoms with Crippen molar-refractivity contribution in [1.29, 1.82) is 0 Å². The number of likely N-dealkylation sites (tertiary alicyclic amines) is 1. The van der Waals surface area contributed by atoms with E-state index >= 15 is 0 Å². The van der Waals surface area contributed by atoms with Crippen LogP contribution in [0.4, 0.5) is 0 Å². The van der Waals surface area contributed by atoms with E-state index in [1.165, 1.54) is 25.9 Å². The van der Waals surface area contributed by atoms with Gasteiger partial charge >= 0.3 is 0 Å². The van der Waals surface area contributed by atoms with Crippen LogP contribution in [0.1, 0.15) is 30.9 Å². The molecule has 92 valence electrons. The lowest BCUT2D eigenvalue weighted by atomic mass is 10.1. The van der Waals surface area contributed by atoms with Crippen LogP contribution in [0, 0.1) is 0 Å². The molecule has 1 atom stereocenters. The Morgan fingerprint density at radius 2 is 1.94 bits per heavy atom. The van der Waals surface area contributed by atoms with E-state index in [0.29, 0.717) is 6.42 Å². The molecule has 0 aromatic carbocycles. The Hall–Kier alpha value is -1.19. The Kier molecular flexibility index (Phi) is 4.71. The predicted octanol–water partition coefficient (Wildman–Crippen LogP) is 2.16. The summed E-state index contributed by atoms with van der Waals surface area (Å²) in [4.78, 5) is 6.38. The molecule has 2 heterocycles. The molecule has 1 N–H and O–H groups in total. The second-order valence-corrected chi connectivity index (χ2v) is 4.51. The van der Waals surface area contributed by atoms with Gasteiger partial charge < -0.3 is 5.11 Å². The maximum absolute atomic E-state index is 9.92. The topological polar surface area (TPSA) is 36.4 Å². The molecule has 1 unspecified atom stereocenters. The summed E-state index contributed by atoms with van der Waals surface area (Å²) in [7, 11) is 0. The van der Waals surface area contributed by atoms with Crippen LogP contribution in [0.5, 0.6) is 0 Å². The van der Waals surface area contributed by atoms with Crippen LogP contribution in [0.25, 0.3) is 0 Å². The molecule has 0 amide bonds. The number of nitrogens with zero attached hydrogens (tertiary/aromatic N) is 2. The zero-order valence-electron chi connectivity index (χ0n) is 10.1. The van der Waals surface area contributed by atoms with Crippen molar-refractivity contribution in [3.8, 4) is 0 Å². The summed E-state index contributed by atoms with van der Waals surface area (Å²) in [6, 6.07) is 3.72. The molecule has 1 aromatic rings. The van der Waals surface area contributed by atoms with Gasteiger partial charge in [-0.2, -0.15) is 0 Å². The smallest absolute Gasteiger partial charge is 0.0825 e. The molecule has 0 saturated carbocycles. The van der Waals surface area contributed by atoms with Gasteiger partial charge in [-0.3, -0.25) is 9.88 Å². The molecule has 17 heavy (non-hydrogen) atoms. The van der Waals surface area contributed by atoms with Crippen molar-refractivity contribution >= 4 is 0 Å². The summed E-state index contributed by atoms with van der Waals surface area (Å²) in [5.41, 5.74) is 0.936. The van der Waals surface area contributed by atoms with Crippen molar-refractivity contribution < 1.29 is 5.11 Å². The lowest BCUT2D eigenvalue weighted by Gasteiger charge is -2.11. The largest absolute Gasteiger partial charge is 0.388 e. The van der Waals surface area contributed by atoms with Gasteiger partial charge in [-0.1, -0.05) is 12.2 Å². The fourth-order valence-corrected chi connectivity index (χ4v) is 2.14. The molecule has 0 spiro atoms. The van der Waals surface area contributed by atoms with Crippen LogP contribution in [-0.2, 0) is 0 Å². The molecule has 1 aliphatic heterocycles. The van der Waals surface area contributed by atoms with Gasteiger partial charge in [-0.25, -0.2) is 0 Å². The van der Waals surface area contributed by atoms with Crippen molar-refractivity contribution in [3.05, 3.63) is 42.2 Å². The average Bonchev–Trinajstić information content (AvgIpc) is 2.88. The third-order valence-corrected chi connectivity index (χ3v) is 3.18. The van der Waals surface area contributed by atoms with E-state index in [2.05, 4.69) is 22.0 Å². The summed E-state index contributed by atoms with van der Waals surface area (Å²) < 4.78 is 0. The zero-order valence-corrected chi connectivity index (χ0v) is 10.1. The van der Waals surface area contributed by atoms with Crippen LogP contribution < -0.4 is 0 Å². The van der Waals surface area contributed by atoms with Crippen molar-refractivity contribution in [2.45, 2.75) is 25.4 Å². The van der Waals surface area contributed by atoms with Gasteiger partial charge in [0.25, 0.3) is 0 Å². The highest BCUT2D eigenvalue weighted by atomic mass is 16.3. The van der Waals surface area contributed by atoms with Crippen LogP contribution in [0.2, 0.25) is 0 Å². The van der Waals surface area contributed by atoms with Gasteiger partial charge in [0.1, 0.15) is 0 Å². The third-order valence-electron chi connectivity index (χ3n) is 3.18. The number of hydrogen-bond donors (Lipinski definition) is 1. The Morgan fingerprint density at radius 3 is 2.65 bits per heavy atom. The second kappa shape index (κ2) is 6.52. The molecule has 1 aromatic heterocycles. The molecular formula is C14H20N2O. The molecular weight excluding hydrogens is 212 g/mol. The van der Waals surface area contributed by atoms with E-state index in [0.717, 1.165) is 12.1 Å². The number of pyridine rings is 1.